The molecule has 1 rings (SSSR count). The van der Waals surface area contributed by atoms with Crippen molar-refractivity contribution in [2.24, 2.45) is 0 Å². The molecule has 0 aromatic carbocycles. The van der Waals surface area contributed by atoms with Gasteiger partial charge in [-0.05, 0) is 6.92 Å². The molecule has 5 N–H and O–H groups in total. The van der Waals surface area contributed by atoms with Gasteiger partial charge in [0.15, 0.2) is 6.35 Å². The Morgan fingerprint density at radius 1 is 1.50 bits per heavy atom. The van der Waals surface area contributed by atoms with Crippen LogP contribution in [0.4, 0.5) is 0 Å². The molecule has 0 aromatic heterocycles. The van der Waals surface area contributed by atoms with E-state index in [0.717, 1.165) is 6.61 Å². The van der Waals surface area contributed by atoms with E-state index in [2.05, 4.69) is 10.6 Å². The topological polar surface area (TPSA) is 84.8 Å². The zero-order valence-corrected chi connectivity index (χ0v) is 5.57. The minimum absolute atomic E-state index is 0.806. The Morgan fingerprint density at radius 2 is 2.10 bits per heavy atom. The highest BCUT2D eigenvalue weighted by Crippen LogP contribution is 2.15. The van der Waals surface area contributed by atoms with Crippen LogP contribution in [0.5, 0.6) is 0 Å². The van der Waals surface area contributed by atoms with Crippen molar-refractivity contribution in [3.8, 4) is 0 Å². The Hall–Kier alpha value is -0.200. The van der Waals surface area contributed by atoms with Gasteiger partial charge in [-0.15, -0.1) is 0 Å². The van der Waals surface area contributed by atoms with Crippen LogP contribution in [-0.4, -0.2) is 33.4 Å². The highest BCUT2D eigenvalue weighted by atomic mass is 16.3. The first-order valence-electron chi connectivity index (χ1n) is 2.97. The molecule has 1 aliphatic heterocycles. The molecule has 1 saturated heterocycles. The van der Waals surface area contributed by atoms with E-state index in [1.165, 1.54) is 0 Å². The van der Waals surface area contributed by atoms with E-state index in [1.54, 1.807) is 6.92 Å². The molecule has 1 fully saturated rings. The van der Waals surface area contributed by atoms with Gasteiger partial charge in [0.1, 0.15) is 12.8 Å². The van der Waals surface area contributed by atoms with E-state index >= 15 is 0 Å². The van der Waals surface area contributed by atoms with Gasteiger partial charge in [0.05, 0.1) is 5.54 Å². The number of aliphatic hydroxyl groups excluding tert-OH is 3. The quantitative estimate of drug-likeness (QED) is 0.298. The third-order valence-electron chi connectivity index (χ3n) is 1.60. The van der Waals surface area contributed by atoms with Crippen LogP contribution in [-0.2, 0) is 0 Å². The molecule has 1 aliphatic rings. The van der Waals surface area contributed by atoms with Gasteiger partial charge < -0.3 is 15.3 Å². The van der Waals surface area contributed by atoms with Gasteiger partial charge in [-0.25, -0.2) is 0 Å². The number of aliphatic hydroxyl groups is 3. The summed E-state index contributed by atoms with van der Waals surface area (Å²) in [6.07, 6.45) is -1.93. The monoisotopic (exact) mass is 147 g/mol. The molecule has 3 unspecified atom stereocenters. The average Bonchev–Trinajstić information content (AvgIpc) is 2.09. The minimum atomic E-state index is -0.969. The second-order valence-corrected chi connectivity index (χ2v) is 2.53. The van der Waals surface area contributed by atoms with Crippen LogP contribution >= 0.6 is 0 Å². The number of hydrogen-bond donors (Lipinski definition) is 5. The van der Waals surface area contributed by atoms with Crippen molar-refractivity contribution >= 4 is 0 Å². The summed E-state index contributed by atoms with van der Waals surface area (Å²) < 4.78 is 0. The fourth-order valence-electron chi connectivity index (χ4n) is 0.846. The van der Waals surface area contributed by atoms with Gasteiger partial charge in [-0.3, -0.25) is 10.6 Å². The van der Waals surface area contributed by atoms with Crippen molar-refractivity contribution in [1.29, 1.82) is 0 Å². The molecule has 5 heteroatoms. The molecule has 0 amide bonds. The van der Waals surface area contributed by atoms with Crippen molar-refractivity contribution in [1.82, 2.24) is 10.6 Å². The Balaban J connectivity index is 2.61. The second-order valence-electron chi connectivity index (χ2n) is 2.53. The van der Waals surface area contributed by atoms with Crippen LogP contribution in [0.15, 0.2) is 0 Å². The molecule has 1 radical (unpaired) electrons. The van der Waals surface area contributed by atoms with Gasteiger partial charge in [0.2, 0.25) is 0 Å². The van der Waals surface area contributed by atoms with E-state index in [0.29, 0.717) is 0 Å². The molecule has 1 heterocycles. The third-order valence-corrected chi connectivity index (χ3v) is 1.60. The lowest BCUT2D eigenvalue weighted by Gasteiger charge is -2.23. The molecule has 5 nitrogen and oxygen atoms in total. The molecule has 0 spiro atoms. The molecule has 0 saturated carbocycles. The number of hydrogen-bond acceptors (Lipinski definition) is 5. The van der Waals surface area contributed by atoms with E-state index in [1.807, 2.05) is 0 Å². The number of nitrogens with one attached hydrogen (secondary N) is 2. The molecule has 59 valence electrons. The highest BCUT2D eigenvalue weighted by Gasteiger charge is 2.41. The number of rotatable bonds is 1. The maximum Gasteiger partial charge on any atom is 0.163 e. The summed E-state index contributed by atoms with van der Waals surface area (Å²) in [5.41, 5.74) is -0.959. The third kappa shape index (κ3) is 1.14. The lowest BCUT2D eigenvalue weighted by molar-refractivity contribution is 0.0728. The lowest BCUT2D eigenvalue weighted by Crippen LogP contribution is -2.47. The molecular weight excluding hydrogens is 136 g/mol. The standard InChI is InChI=1S/C5H11N2O3/c1-5(2-8)3(9)6-4(10)7-5/h2-4,6-10H,1H3. The van der Waals surface area contributed by atoms with E-state index in [4.69, 9.17) is 15.3 Å². The first-order chi connectivity index (χ1) is 4.58. The van der Waals surface area contributed by atoms with Crippen molar-refractivity contribution in [3.63, 3.8) is 0 Å². The Bertz CT molecular complexity index is 132. The summed E-state index contributed by atoms with van der Waals surface area (Å²) in [7, 11) is 0. The zero-order valence-electron chi connectivity index (χ0n) is 5.57. The van der Waals surface area contributed by atoms with Gasteiger partial charge in [0, 0.05) is 0 Å². The van der Waals surface area contributed by atoms with Crippen LogP contribution in [0.2, 0.25) is 0 Å². The fraction of sp³-hybridized carbons (Fsp3) is 0.800. The molecule has 3 atom stereocenters. The largest absolute Gasteiger partial charge is 0.388 e. The molecule has 0 bridgehead atoms. The summed E-state index contributed by atoms with van der Waals surface area (Å²) in [6, 6.07) is 0. The SMILES string of the molecule is CC1([CH]O)NC(O)NC1O. The Morgan fingerprint density at radius 3 is 2.30 bits per heavy atom. The molecule has 0 aromatic rings. The van der Waals surface area contributed by atoms with Crippen LogP contribution in [0.25, 0.3) is 0 Å². The second kappa shape index (κ2) is 2.44. The minimum Gasteiger partial charge on any atom is -0.388 e. The molecule has 0 aliphatic carbocycles. The van der Waals surface area contributed by atoms with E-state index < -0.39 is 18.1 Å². The van der Waals surface area contributed by atoms with Gasteiger partial charge in [0.25, 0.3) is 0 Å². The first kappa shape index (κ1) is 7.90. The smallest absolute Gasteiger partial charge is 0.163 e. The normalized spacial score (nSPS) is 48.0. The van der Waals surface area contributed by atoms with Crippen LogP contribution < -0.4 is 10.6 Å². The first-order valence-corrected chi connectivity index (χ1v) is 2.97. The van der Waals surface area contributed by atoms with E-state index in [-0.39, 0.29) is 0 Å². The fourth-order valence-corrected chi connectivity index (χ4v) is 0.846. The summed E-state index contributed by atoms with van der Waals surface area (Å²) in [5, 5.41) is 31.4. The highest BCUT2D eigenvalue weighted by molar-refractivity contribution is 5.00. The maximum absolute atomic E-state index is 9.09. The predicted molar refractivity (Wildman–Crippen MR) is 32.9 cm³/mol. The van der Waals surface area contributed by atoms with Gasteiger partial charge >= 0.3 is 0 Å². The van der Waals surface area contributed by atoms with E-state index in [9.17, 15) is 0 Å². The Labute approximate surface area is 58.7 Å². The van der Waals surface area contributed by atoms with Crippen molar-refractivity contribution in [2.45, 2.75) is 25.0 Å². The zero-order chi connectivity index (χ0) is 7.78. The average molecular weight is 147 g/mol. The van der Waals surface area contributed by atoms with Crippen molar-refractivity contribution in [2.75, 3.05) is 0 Å². The summed E-state index contributed by atoms with van der Waals surface area (Å²) in [6.45, 7) is 2.36. The van der Waals surface area contributed by atoms with Crippen molar-refractivity contribution in [3.05, 3.63) is 6.61 Å². The van der Waals surface area contributed by atoms with Crippen molar-refractivity contribution < 1.29 is 15.3 Å². The maximum atomic E-state index is 9.09. The predicted octanol–water partition coefficient (Wildman–Crippen LogP) is -1.93. The lowest BCUT2D eigenvalue weighted by atomic mass is 10.0. The van der Waals surface area contributed by atoms with Gasteiger partial charge in [-0.1, -0.05) is 0 Å². The van der Waals surface area contributed by atoms with Crippen LogP contribution in [0.1, 0.15) is 6.92 Å². The summed E-state index contributed by atoms with van der Waals surface area (Å²) >= 11 is 0. The Kier molecular flexibility index (Phi) is 1.93. The van der Waals surface area contributed by atoms with Crippen LogP contribution in [0, 0.1) is 6.61 Å². The van der Waals surface area contributed by atoms with Gasteiger partial charge in [-0.2, -0.15) is 0 Å². The molecular formula is C5H11N2O3. The molecule has 10 heavy (non-hydrogen) atoms. The summed E-state index contributed by atoms with van der Waals surface area (Å²) in [4.78, 5) is 0. The summed E-state index contributed by atoms with van der Waals surface area (Å²) in [5.74, 6) is 0. The van der Waals surface area contributed by atoms with Crippen LogP contribution in [0.3, 0.4) is 0 Å².